The van der Waals surface area contributed by atoms with Crippen molar-refractivity contribution < 1.29 is 0 Å². The molecule has 1 fully saturated rings. The highest BCUT2D eigenvalue weighted by molar-refractivity contribution is 5.30. The minimum atomic E-state index is 0.274. The predicted octanol–water partition coefficient (Wildman–Crippen LogP) is 1.80. The second-order valence-corrected chi connectivity index (χ2v) is 4.71. The summed E-state index contributed by atoms with van der Waals surface area (Å²) in [5.74, 6) is 0.848. The van der Waals surface area contributed by atoms with Gasteiger partial charge in [-0.1, -0.05) is 19.3 Å². The molecule has 0 radical (unpaired) electrons. The zero-order chi connectivity index (χ0) is 11.3. The lowest BCUT2D eigenvalue weighted by Crippen LogP contribution is -2.39. The van der Waals surface area contributed by atoms with Crippen molar-refractivity contribution >= 4 is 5.82 Å². The van der Waals surface area contributed by atoms with Crippen LogP contribution in [0, 0.1) is 5.41 Å². The first-order valence-corrected chi connectivity index (χ1v) is 6.05. The van der Waals surface area contributed by atoms with Gasteiger partial charge in [0.15, 0.2) is 0 Å². The second kappa shape index (κ2) is 5.25. The molecule has 0 bridgehead atoms. The molecule has 0 saturated heterocycles. The molecule has 0 unspecified atom stereocenters. The summed E-state index contributed by atoms with van der Waals surface area (Å²) in [4.78, 5) is 8.25. The average Bonchev–Trinajstić information content (AvgIpc) is 2.39. The van der Waals surface area contributed by atoms with Crippen LogP contribution >= 0.6 is 0 Å². The summed E-state index contributed by atoms with van der Waals surface area (Å²) in [7, 11) is 0. The molecule has 0 aliphatic heterocycles. The first-order valence-electron chi connectivity index (χ1n) is 6.05. The molecule has 1 heterocycles. The van der Waals surface area contributed by atoms with Gasteiger partial charge in [0.1, 0.15) is 5.82 Å². The van der Waals surface area contributed by atoms with E-state index in [9.17, 15) is 0 Å². The molecule has 16 heavy (non-hydrogen) atoms. The van der Waals surface area contributed by atoms with E-state index >= 15 is 0 Å². The van der Waals surface area contributed by atoms with Crippen molar-refractivity contribution in [3.05, 3.63) is 18.6 Å². The number of hydrogen-bond donors (Lipinski definition) is 2. The van der Waals surface area contributed by atoms with Gasteiger partial charge in [0.2, 0.25) is 0 Å². The summed E-state index contributed by atoms with van der Waals surface area (Å²) < 4.78 is 0. The Labute approximate surface area is 96.7 Å². The highest BCUT2D eigenvalue weighted by Crippen LogP contribution is 2.35. The maximum absolute atomic E-state index is 5.93. The average molecular weight is 220 g/mol. The third-order valence-electron chi connectivity index (χ3n) is 3.55. The maximum Gasteiger partial charge on any atom is 0.144 e. The number of nitrogens with two attached hydrogens (primary N) is 1. The van der Waals surface area contributed by atoms with Crippen LogP contribution in [-0.4, -0.2) is 23.1 Å². The Bertz CT molecular complexity index is 306. The molecule has 1 aliphatic rings. The Morgan fingerprint density at radius 2 is 2.06 bits per heavy atom. The molecule has 4 nitrogen and oxygen atoms in total. The Morgan fingerprint density at radius 3 is 2.69 bits per heavy atom. The van der Waals surface area contributed by atoms with Crippen molar-refractivity contribution in [2.45, 2.75) is 32.1 Å². The molecular weight excluding hydrogens is 200 g/mol. The van der Waals surface area contributed by atoms with Gasteiger partial charge in [0.05, 0.1) is 6.20 Å². The molecule has 0 aromatic carbocycles. The normalized spacial score (nSPS) is 19.3. The fourth-order valence-corrected chi connectivity index (χ4v) is 2.42. The lowest BCUT2D eigenvalue weighted by atomic mass is 9.74. The first-order chi connectivity index (χ1) is 7.85. The maximum atomic E-state index is 5.93. The molecular formula is C12H20N4. The van der Waals surface area contributed by atoms with E-state index in [1.165, 1.54) is 32.1 Å². The van der Waals surface area contributed by atoms with E-state index in [2.05, 4.69) is 15.3 Å². The van der Waals surface area contributed by atoms with E-state index in [4.69, 9.17) is 5.73 Å². The number of rotatable bonds is 4. The summed E-state index contributed by atoms with van der Waals surface area (Å²) >= 11 is 0. The van der Waals surface area contributed by atoms with Crippen LogP contribution in [0.3, 0.4) is 0 Å². The van der Waals surface area contributed by atoms with Crippen LogP contribution in [0.2, 0.25) is 0 Å². The fourth-order valence-electron chi connectivity index (χ4n) is 2.42. The van der Waals surface area contributed by atoms with Gasteiger partial charge in [-0.25, -0.2) is 4.98 Å². The van der Waals surface area contributed by atoms with E-state index in [-0.39, 0.29) is 5.41 Å². The molecule has 1 saturated carbocycles. The summed E-state index contributed by atoms with van der Waals surface area (Å²) in [6, 6.07) is 0. The van der Waals surface area contributed by atoms with Crippen LogP contribution in [0.1, 0.15) is 32.1 Å². The monoisotopic (exact) mass is 220 g/mol. The number of anilines is 1. The van der Waals surface area contributed by atoms with Crippen molar-refractivity contribution in [1.82, 2.24) is 9.97 Å². The van der Waals surface area contributed by atoms with Crippen LogP contribution in [0.15, 0.2) is 18.6 Å². The van der Waals surface area contributed by atoms with Gasteiger partial charge in [0, 0.05) is 18.9 Å². The van der Waals surface area contributed by atoms with Crippen LogP contribution in [0.5, 0.6) is 0 Å². The van der Waals surface area contributed by atoms with Gasteiger partial charge in [-0.3, -0.25) is 4.98 Å². The van der Waals surface area contributed by atoms with Gasteiger partial charge in [-0.05, 0) is 24.8 Å². The fraction of sp³-hybridized carbons (Fsp3) is 0.667. The van der Waals surface area contributed by atoms with Crippen molar-refractivity contribution in [2.75, 3.05) is 18.4 Å². The minimum absolute atomic E-state index is 0.274. The van der Waals surface area contributed by atoms with Crippen LogP contribution in [-0.2, 0) is 0 Å². The van der Waals surface area contributed by atoms with Gasteiger partial charge >= 0.3 is 0 Å². The van der Waals surface area contributed by atoms with E-state index in [1.807, 2.05) is 0 Å². The van der Waals surface area contributed by atoms with E-state index in [1.54, 1.807) is 18.6 Å². The van der Waals surface area contributed by atoms with Crippen LogP contribution < -0.4 is 11.1 Å². The first kappa shape index (κ1) is 11.3. The largest absolute Gasteiger partial charge is 0.368 e. The lowest BCUT2D eigenvalue weighted by Gasteiger charge is -2.36. The van der Waals surface area contributed by atoms with Crippen molar-refractivity contribution in [2.24, 2.45) is 11.1 Å². The van der Waals surface area contributed by atoms with Crippen molar-refractivity contribution in [3.63, 3.8) is 0 Å². The third-order valence-corrected chi connectivity index (χ3v) is 3.55. The Kier molecular flexibility index (Phi) is 3.72. The Morgan fingerprint density at radius 1 is 1.25 bits per heavy atom. The zero-order valence-corrected chi connectivity index (χ0v) is 9.65. The Hall–Kier alpha value is -1.16. The third kappa shape index (κ3) is 2.70. The smallest absolute Gasteiger partial charge is 0.144 e. The zero-order valence-electron chi connectivity index (χ0n) is 9.65. The molecule has 0 spiro atoms. The molecule has 1 aromatic heterocycles. The topological polar surface area (TPSA) is 63.8 Å². The SMILES string of the molecule is NCC1(CNc2cnccn2)CCCCC1. The molecule has 88 valence electrons. The van der Waals surface area contributed by atoms with Crippen molar-refractivity contribution in [3.8, 4) is 0 Å². The van der Waals surface area contributed by atoms with Crippen LogP contribution in [0.4, 0.5) is 5.82 Å². The second-order valence-electron chi connectivity index (χ2n) is 4.71. The number of nitrogens with one attached hydrogen (secondary N) is 1. The van der Waals surface area contributed by atoms with E-state index in [0.717, 1.165) is 18.9 Å². The van der Waals surface area contributed by atoms with Gasteiger partial charge in [0.25, 0.3) is 0 Å². The summed E-state index contributed by atoms with van der Waals surface area (Å²) in [6.07, 6.45) is 11.6. The van der Waals surface area contributed by atoms with E-state index in [0.29, 0.717) is 0 Å². The van der Waals surface area contributed by atoms with E-state index < -0.39 is 0 Å². The quantitative estimate of drug-likeness (QED) is 0.812. The highest BCUT2D eigenvalue weighted by Gasteiger charge is 2.30. The Balaban J connectivity index is 1.92. The number of hydrogen-bond acceptors (Lipinski definition) is 4. The highest BCUT2D eigenvalue weighted by atomic mass is 15.0. The lowest BCUT2D eigenvalue weighted by molar-refractivity contribution is 0.215. The molecule has 0 atom stereocenters. The molecule has 3 N–H and O–H groups in total. The summed E-state index contributed by atoms with van der Waals surface area (Å²) in [6.45, 7) is 1.68. The standard InChI is InChI=1S/C12H20N4/c13-9-12(4-2-1-3-5-12)10-16-11-8-14-6-7-15-11/h6-8H,1-5,9-10,13H2,(H,15,16). The predicted molar refractivity (Wildman–Crippen MR) is 65.1 cm³/mol. The molecule has 4 heteroatoms. The molecule has 2 rings (SSSR count). The van der Waals surface area contributed by atoms with Crippen LogP contribution in [0.25, 0.3) is 0 Å². The number of aromatic nitrogens is 2. The van der Waals surface area contributed by atoms with Crippen molar-refractivity contribution in [1.29, 1.82) is 0 Å². The van der Waals surface area contributed by atoms with Gasteiger partial charge in [-0.2, -0.15) is 0 Å². The summed E-state index contributed by atoms with van der Waals surface area (Å²) in [5, 5.41) is 3.35. The minimum Gasteiger partial charge on any atom is -0.368 e. The summed E-state index contributed by atoms with van der Waals surface area (Å²) in [5.41, 5.74) is 6.20. The molecule has 1 aromatic rings. The molecule has 0 amide bonds. The molecule has 1 aliphatic carbocycles. The van der Waals surface area contributed by atoms with Gasteiger partial charge < -0.3 is 11.1 Å². The van der Waals surface area contributed by atoms with Gasteiger partial charge in [-0.15, -0.1) is 0 Å². The number of nitrogens with zero attached hydrogens (tertiary/aromatic N) is 2.